The lowest BCUT2D eigenvalue weighted by Crippen LogP contribution is -2.27. The maximum atomic E-state index is 11.8. The predicted molar refractivity (Wildman–Crippen MR) is 85.3 cm³/mol. The highest BCUT2D eigenvalue weighted by Crippen LogP contribution is 2.36. The number of amides is 1. The molecule has 0 aromatic heterocycles. The largest absolute Gasteiger partial charge is 0.316 e. The molecule has 2 rings (SSSR count). The molecule has 1 aliphatic heterocycles. The molecule has 1 unspecified atom stereocenters. The van der Waals surface area contributed by atoms with E-state index in [1.807, 2.05) is 17.8 Å². The van der Waals surface area contributed by atoms with Crippen LogP contribution in [0.1, 0.15) is 25.5 Å². The number of benzene rings is 1. The molecule has 0 aliphatic carbocycles. The molecule has 1 aromatic carbocycles. The Labute approximate surface area is 125 Å². The first-order valence-corrected chi connectivity index (χ1v) is 8.09. The van der Waals surface area contributed by atoms with Crippen molar-refractivity contribution in [1.29, 1.82) is 0 Å². The molecular weight excluding hydrogens is 270 g/mol. The number of nitrogens with zero attached hydrogens (tertiary/aromatic N) is 2. The van der Waals surface area contributed by atoms with Crippen LogP contribution in [-0.2, 0) is 4.79 Å². The van der Waals surface area contributed by atoms with Gasteiger partial charge in [0.15, 0.2) is 0 Å². The third-order valence-electron chi connectivity index (χ3n) is 3.87. The highest BCUT2D eigenvalue weighted by atomic mass is 32.2. The molecule has 1 aliphatic rings. The fraction of sp³-hybridized carbons (Fsp3) is 0.533. The third-order valence-corrected chi connectivity index (χ3v) is 4.84. The summed E-state index contributed by atoms with van der Waals surface area (Å²) < 4.78 is 0. The Balaban J connectivity index is 2.00. The summed E-state index contributed by atoms with van der Waals surface area (Å²) in [6.07, 6.45) is 0. The standard InChI is InChI=1S/C15H23N3OS/c1-4-18(5-2)8-9-20-11-6-7-12-13(10-11)17(3)15(19)14(12)16/h6-7,10,14H,4-5,8-9,16H2,1-3H3. The van der Waals surface area contributed by atoms with Gasteiger partial charge in [0.25, 0.3) is 0 Å². The van der Waals surface area contributed by atoms with E-state index in [9.17, 15) is 4.79 Å². The van der Waals surface area contributed by atoms with Crippen LogP contribution in [-0.4, -0.2) is 43.2 Å². The summed E-state index contributed by atoms with van der Waals surface area (Å²) in [4.78, 5) is 17.1. The van der Waals surface area contributed by atoms with Gasteiger partial charge < -0.3 is 15.5 Å². The summed E-state index contributed by atoms with van der Waals surface area (Å²) in [5.41, 5.74) is 7.79. The first-order chi connectivity index (χ1) is 9.58. The van der Waals surface area contributed by atoms with Gasteiger partial charge in [-0.1, -0.05) is 19.9 Å². The Hall–Kier alpha value is -1.04. The first kappa shape index (κ1) is 15.4. The smallest absolute Gasteiger partial charge is 0.248 e. The fourth-order valence-electron chi connectivity index (χ4n) is 2.46. The van der Waals surface area contributed by atoms with Crippen LogP contribution in [0.2, 0.25) is 0 Å². The van der Waals surface area contributed by atoms with E-state index in [2.05, 4.69) is 30.9 Å². The highest BCUT2D eigenvalue weighted by Gasteiger charge is 2.32. The van der Waals surface area contributed by atoms with Gasteiger partial charge in [-0.2, -0.15) is 0 Å². The molecule has 0 bridgehead atoms. The normalized spacial score (nSPS) is 17.9. The molecule has 4 nitrogen and oxygen atoms in total. The van der Waals surface area contributed by atoms with Crippen LogP contribution in [0.5, 0.6) is 0 Å². The molecule has 0 radical (unpaired) electrons. The van der Waals surface area contributed by atoms with E-state index in [4.69, 9.17) is 5.73 Å². The second-order valence-electron chi connectivity index (χ2n) is 4.97. The number of carbonyl (C=O) groups excluding carboxylic acids is 1. The highest BCUT2D eigenvalue weighted by molar-refractivity contribution is 7.99. The summed E-state index contributed by atoms with van der Waals surface area (Å²) in [7, 11) is 1.79. The van der Waals surface area contributed by atoms with Crippen molar-refractivity contribution in [3.8, 4) is 0 Å². The number of hydrogen-bond donors (Lipinski definition) is 1. The monoisotopic (exact) mass is 293 g/mol. The molecule has 5 heteroatoms. The Morgan fingerprint density at radius 1 is 1.35 bits per heavy atom. The van der Waals surface area contributed by atoms with Crippen molar-refractivity contribution in [2.24, 2.45) is 5.73 Å². The number of nitrogens with two attached hydrogens (primary N) is 1. The number of thioether (sulfide) groups is 1. The van der Waals surface area contributed by atoms with E-state index in [0.717, 1.165) is 36.6 Å². The molecular formula is C15H23N3OS. The van der Waals surface area contributed by atoms with Crippen LogP contribution >= 0.6 is 11.8 Å². The van der Waals surface area contributed by atoms with Crippen LogP contribution in [0.4, 0.5) is 5.69 Å². The van der Waals surface area contributed by atoms with Crippen molar-refractivity contribution >= 4 is 23.4 Å². The average molecular weight is 293 g/mol. The van der Waals surface area contributed by atoms with Gasteiger partial charge in [0.1, 0.15) is 6.04 Å². The zero-order valence-corrected chi connectivity index (χ0v) is 13.2. The summed E-state index contributed by atoms with van der Waals surface area (Å²) >= 11 is 1.83. The van der Waals surface area contributed by atoms with Crippen LogP contribution in [0.3, 0.4) is 0 Å². The molecule has 1 heterocycles. The van der Waals surface area contributed by atoms with Gasteiger partial charge in [-0.3, -0.25) is 4.79 Å². The van der Waals surface area contributed by atoms with Crippen molar-refractivity contribution < 1.29 is 4.79 Å². The minimum atomic E-state index is -0.496. The summed E-state index contributed by atoms with van der Waals surface area (Å²) in [6, 6.07) is 5.64. The van der Waals surface area contributed by atoms with Crippen molar-refractivity contribution in [3.05, 3.63) is 23.8 Å². The van der Waals surface area contributed by atoms with Gasteiger partial charge in [-0.15, -0.1) is 11.8 Å². The van der Waals surface area contributed by atoms with Gasteiger partial charge in [-0.25, -0.2) is 0 Å². The molecule has 0 fully saturated rings. The molecule has 1 aromatic rings. The number of anilines is 1. The average Bonchev–Trinajstić information content (AvgIpc) is 2.68. The lowest BCUT2D eigenvalue weighted by atomic mass is 10.1. The second-order valence-corrected chi connectivity index (χ2v) is 6.14. The number of fused-ring (bicyclic) bond motifs is 1. The van der Waals surface area contributed by atoms with E-state index >= 15 is 0 Å². The van der Waals surface area contributed by atoms with Crippen LogP contribution in [0.25, 0.3) is 0 Å². The summed E-state index contributed by atoms with van der Waals surface area (Å²) in [5.74, 6) is 1.04. The first-order valence-electron chi connectivity index (χ1n) is 7.10. The third kappa shape index (κ3) is 3.00. The number of likely N-dealkylation sites (N-methyl/N-ethyl adjacent to an activating group) is 1. The van der Waals surface area contributed by atoms with Gasteiger partial charge in [-0.05, 0) is 25.2 Å². The SMILES string of the molecule is CCN(CC)CCSc1ccc2c(c1)N(C)C(=O)C2N. The lowest BCUT2D eigenvalue weighted by Gasteiger charge is -2.17. The molecule has 1 atom stereocenters. The molecule has 0 spiro atoms. The van der Waals surface area contributed by atoms with Gasteiger partial charge >= 0.3 is 0 Å². The fourth-order valence-corrected chi connectivity index (χ4v) is 3.40. The zero-order valence-electron chi connectivity index (χ0n) is 12.4. The number of carbonyl (C=O) groups is 1. The predicted octanol–water partition coefficient (Wildman–Crippen LogP) is 2.10. The van der Waals surface area contributed by atoms with Gasteiger partial charge in [0, 0.05) is 35.5 Å². The Bertz CT molecular complexity index is 488. The Morgan fingerprint density at radius 3 is 2.70 bits per heavy atom. The van der Waals surface area contributed by atoms with E-state index in [1.54, 1.807) is 11.9 Å². The quantitative estimate of drug-likeness (QED) is 0.816. The second kappa shape index (κ2) is 6.61. The molecule has 2 N–H and O–H groups in total. The van der Waals surface area contributed by atoms with Crippen molar-refractivity contribution in [1.82, 2.24) is 4.90 Å². The molecule has 20 heavy (non-hydrogen) atoms. The summed E-state index contributed by atoms with van der Waals surface area (Å²) in [5, 5.41) is 0. The maximum Gasteiger partial charge on any atom is 0.248 e. The van der Waals surface area contributed by atoms with E-state index in [1.165, 1.54) is 4.90 Å². The molecule has 110 valence electrons. The van der Waals surface area contributed by atoms with Gasteiger partial charge in [0.05, 0.1) is 0 Å². The number of hydrogen-bond acceptors (Lipinski definition) is 4. The molecule has 0 saturated carbocycles. The van der Waals surface area contributed by atoms with E-state index < -0.39 is 6.04 Å². The van der Waals surface area contributed by atoms with Crippen LogP contribution in [0.15, 0.2) is 23.1 Å². The summed E-state index contributed by atoms with van der Waals surface area (Å²) in [6.45, 7) is 7.64. The molecule has 0 saturated heterocycles. The van der Waals surface area contributed by atoms with Gasteiger partial charge in [0.2, 0.25) is 5.91 Å². The topological polar surface area (TPSA) is 49.6 Å². The maximum absolute atomic E-state index is 11.8. The van der Waals surface area contributed by atoms with Crippen LogP contribution < -0.4 is 10.6 Å². The zero-order chi connectivity index (χ0) is 14.7. The van der Waals surface area contributed by atoms with Crippen molar-refractivity contribution in [2.75, 3.05) is 37.3 Å². The van der Waals surface area contributed by atoms with Crippen molar-refractivity contribution in [2.45, 2.75) is 24.8 Å². The Kier molecular flexibility index (Phi) is 5.07. The lowest BCUT2D eigenvalue weighted by molar-refractivity contribution is -0.118. The minimum Gasteiger partial charge on any atom is -0.316 e. The van der Waals surface area contributed by atoms with Crippen molar-refractivity contribution in [3.63, 3.8) is 0 Å². The van der Waals surface area contributed by atoms with E-state index in [-0.39, 0.29) is 5.91 Å². The van der Waals surface area contributed by atoms with Crippen LogP contribution in [0, 0.1) is 0 Å². The number of rotatable bonds is 6. The molecule has 1 amide bonds. The Morgan fingerprint density at radius 2 is 2.05 bits per heavy atom. The van der Waals surface area contributed by atoms with E-state index in [0.29, 0.717) is 0 Å². The minimum absolute atomic E-state index is 0.0229.